The van der Waals surface area contributed by atoms with E-state index < -0.39 is 16.6 Å². The van der Waals surface area contributed by atoms with Crippen molar-refractivity contribution in [1.82, 2.24) is 9.80 Å². The van der Waals surface area contributed by atoms with Gasteiger partial charge in [0.2, 0.25) is 0 Å². The number of hydrogen-bond donors (Lipinski definition) is 2. The summed E-state index contributed by atoms with van der Waals surface area (Å²) >= 11 is 0. The Hall–Kier alpha value is -3.47. The van der Waals surface area contributed by atoms with Crippen molar-refractivity contribution in [3.8, 4) is 23.0 Å². The number of nitrogen functional groups attached to an aromatic ring is 2. The van der Waals surface area contributed by atoms with Gasteiger partial charge in [-0.2, -0.15) is 0 Å². The summed E-state index contributed by atoms with van der Waals surface area (Å²) < 4.78 is 36.5. The smallest absolute Gasteiger partial charge is 0.256 e. The first-order valence-corrected chi connectivity index (χ1v) is 27.5. The van der Waals surface area contributed by atoms with Crippen LogP contribution >= 0.6 is 0 Å². The molecule has 2 amide bonds. The number of carbonyl (C=O) groups is 2. The SMILES string of the molecule is COc1cc(C(=O)N2CCC[C@H]2CO[Si](C)(C)C(C)(C)C)c(N)cc1OCCCCCCCOc1cc(N)c(C(=O)N2CCC[C@H]2CO[Si](C)(C)C(C)(C)C)cc1OC. The number of unbranched alkanes of at least 4 members (excludes halogenated alkanes) is 4. The van der Waals surface area contributed by atoms with Gasteiger partial charge in [-0.15, -0.1) is 0 Å². The standard InChI is InChI=1S/C45H76N4O8Si2/c1-44(2,3)58(9,10)56-30-32-20-18-22-48(32)42(50)34-26-38(52-7)40(28-36(34)46)54-24-16-14-13-15-17-25-55-41-29-37(47)35(27-39(41)53-8)43(51)49-23-19-21-33(49)31-57-59(11,12)45(4,5)6/h26-29,32-33H,13-25,30-31,46-47H2,1-12H3/t32-,33-/m0/s1. The molecule has 2 saturated heterocycles. The third kappa shape index (κ3) is 12.3. The lowest BCUT2D eigenvalue weighted by atomic mass is 10.1. The van der Waals surface area contributed by atoms with Crippen LogP contribution in [0.15, 0.2) is 24.3 Å². The number of carbonyl (C=O) groups excluding carboxylic acids is 2. The van der Waals surface area contributed by atoms with Gasteiger partial charge in [-0.05, 0) is 86.9 Å². The highest BCUT2D eigenvalue weighted by atomic mass is 28.4. The fraction of sp³-hybridized carbons (Fsp3) is 0.689. The van der Waals surface area contributed by atoms with Gasteiger partial charge in [0, 0.05) is 36.6 Å². The lowest BCUT2D eigenvalue weighted by Gasteiger charge is -2.38. The molecule has 0 saturated carbocycles. The Balaban J connectivity index is 1.20. The minimum absolute atomic E-state index is 0.0295. The van der Waals surface area contributed by atoms with Crippen LogP contribution in [0.1, 0.15) is 120 Å². The lowest BCUT2D eigenvalue weighted by molar-refractivity contribution is 0.0678. The summed E-state index contributed by atoms with van der Waals surface area (Å²) in [5.74, 6) is 1.86. The summed E-state index contributed by atoms with van der Waals surface area (Å²) in [5, 5.41) is 0.209. The van der Waals surface area contributed by atoms with Crippen LogP contribution in [0.2, 0.25) is 36.3 Å². The number of nitrogens with two attached hydrogens (primary N) is 2. The van der Waals surface area contributed by atoms with E-state index in [2.05, 4.69) is 67.7 Å². The molecule has 12 nitrogen and oxygen atoms in total. The summed E-state index contributed by atoms with van der Waals surface area (Å²) in [4.78, 5) is 31.3. The van der Waals surface area contributed by atoms with Crippen LogP contribution < -0.4 is 30.4 Å². The average Bonchev–Trinajstić information content (AvgIpc) is 3.84. The van der Waals surface area contributed by atoms with Crippen LogP contribution in [0.5, 0.6) is 23.0 Å². The minimum atomic E-state index is -1.94. The van der Waals surface area contributed by atoms with E-state index >= 15 is 0 Å². The van der Waals surface area contributed by atoms with Gasteiger partial charge in [-0.25, -0.2) is 0 Å². The average molecular weight is 857 g/mol. The van der Waals surface area contributed by atoms with Gasteiger partial charge in [0.05, 0.1) is 63.9 Å². The van der Waals surface area contributed by atoms with Crippen LogP contribution in [0.25, 0.3) is 0 Å². The first-order valence-electron chi connectivity index (χ1n) is 21.7. The highest BCUT2D eigenvalue weighted by Crippen LogP contribution is 2.40. The van der Waals surface area contributed by atoms with Crippen molar-refractivity contribution >= 4 is 39.8 Å². The number of rotatable bonds is 20. The van der Waals surface area contributed by atoms with Gasteiger partial charge in [-0.1, -0.05) is 60.8 Å². The summed E-state index contributed by atoms with van der Waals surface area (Å²) in [6, 6.07) is 6.89. The van der Waals surface area contributed by atoms with Gasteiger partial charge in [0.15, 0.2) is 39.6 Å². The third-order valence-electron chi connectivity index (χ3n) is 13.1. The van der Waals surface area contributed by atoms with Crippen LogP contribution in [-0.4, -0.2) is 104 Å². The minimum Gasteiger partial charge on any atom is -0.493 e. The summed E-state index contributed by atoms with van der Waals surface area (Å²) in [6.07, 6.45) is 8.40. The van der Waals surface area contributed by atoms with E-state index in [9.17, 15) is 9.59 Å². The normalized spacial score (nSPS) is 17.7. The van der Waals surface area contributed by atoms with Gasteiger partial charge >= 0.3 is 0 Å². The van der Waals surface area contributed by atoms with E-state index in [4.69, 9.17) is 39.3 Å². The Morgan fingerprint density at radius 2 is 0.966 bits per heavy atom. The molecule has 2 aromatic rings. The van der Waals surface area contributed by atoms with Crippen molar-refractivity contribution in [2.75, 3.05) is 65.2 Å². The van der Waals surface area contributed by atoms with E-state index in [1.165, 1.54) is 0 Å². The summed E-state index contributed by atoms with van der Waals surface area (Å²) in [7, 11) is -0.718. The first-order chi connectivity index (χ1) is 27.6. The molecule has 59 heavy (non-hydrogen) atoms. The number of likely N-dealkylation sites (tertiary alicyclic amines) is 2. The molecule has 0 radical (unpaired) electrons. The molecular weight excluding hydrogens is 781 g/mol. The quantitative estimate of drug-likeness (QED) is 0.0750. The predicted molar refractivity (Wildman–Crippen MR) is 243 cm³/mol. The second-order valence-electron chi connectivity index (χ2n) is 19.4. The van der Waals surface area contributed by atoms with Gasteiger partial charge < -0.3 is 49.1 Å². The van der Waals surface area contributed by atoms with E-state index in [0.29, 0.717) is 85.0 Å². The second kappa shape index (κ2) is 20.4. The van der Waals surface area contributed by atoms with E-state index in [1.807, 2.05) is 9.80 Å². The predicted octanol–water partition coefficient (Wildman–Crippen LogP) is 9.53. The molecule has 0 aliphatic carbocycles. The number of methoxy groups -OCH3 is 2. The monoisotopic (exact) mass is 857 g/mol. The van der Waals surface area contributed by atoms with E-state index in [0.717, 1.165) is 57.8 Å². The number of ether oxygens (including phenoxy) is 4. The topological polar surface area (TPSA) is 148 Å². The maximum Gasteiger partial charge on any atom is 0.256 e. The van der Waals surface area contributed by atoms with Crippen LogP contribution in [0.3, 0.4) is 0 Å². The van der Waals surface area contributed by atoms with Crippen molar-refractivity contribution in [2.45, 2.75) is 148 Å². The molecule has 2 atom stereocenters. The molecule has 332 valence electrons. The Morgan fingerprint density at radius 1 is 0.610 bits per heavy atom. The molecule has 2 aromatic carbocycles. The van der Waals surface area contributed by atoms with E-state index in [-0.39, 0.29) is 34.0 Å². The number of nitrogens with zero attached hydrogens (tertiary/aromatic N) is 2. The summed E-state index contributed by atoms with van der Waals surface area (Å²) in [5.41, 5.74) is 14.5. The van der Waals surface area contributed by atoms with Crippen molar-refractivity contribution in [3.05, 3.63) is 35.4 Å². The molecule has 0 unspecified atom stereocenters. The molecule has 4 N–H and O–H groups in total. The molecule has 2 heterocycles. The van der Waals surface area contributed by atoms with Crippen molar-refractivity contribution < 1.29 is 37.4 Å². The highest BCUT2D eigenvalue weighted by Gasteiger charge is 2.41. The van der Waals surface area contributed by atoms with Crippen molar-refractivity contribution in [3.63, 3.8) is 0 Å². The second-order valence-corrected chi connectivity index (χ2v) is 29.0. The van der Waals surface area contributed by atoms with E-state index in [1.54, 1.807) is 38.5 Å². The maximum atomic E-state index is 13.7. The van der Waals surface area contributed by atoms with Gasteiger partial charge in [0.1, 0.15) is 0 Å². The fourth-order valence-corrected chi connectivity index (χ4v) is 9.15. The van der Waals surface area contributed by atoms with Crippen LogP contribution in [0, 0.1) is 0 Å². The number of anilines is 2. The third-order valence-corrected chi connectivity index (χ3v) is 22.1. The first kappa shape index (κ1) is 48.2. The molecule has 0 spiro atoms. The zero-order chi connectivity index (χ0) is 43.8. The zero-order valence-corrected chi connectivity index (χ0v) is 40.4. The Kier molecular flexibility index (Phi) is 16.7. The largest absolute Gasteiger partial charge is 0.493 e. The molecule has 2 aliphatic rings. The Bertz CT molecular complexity index is 1600. The summed E-state index contributed by atoms with van der Waals surface area (Å²) in [6.45, 7) is 25.8. The van der Waals surface area contributed by atoms with Gasteiger partial charge in [0.25, 0.3) is 11.8 Å². The molecular formula is C45H76N4O8Si2. The highest BCUT2D eigenvalue weighted by molar-refractivity contribution is 6.74. The molecule has 2 fully saturated rings. The molecule has 2 aliphatic heterocycles. The Labute approximate surface area is 357 Å². The fourth-order valence-electron chi connectivity index (χ4n) is 7.07. The zero-order valence-electron chi connectivity index (χ0n) is 38.4. The van der Waals surface area contributed by atoms with Gasteiger partial charge in [-0.3, -0.25) is 9.59 Å². The molecule has 4 rings (SSSR count). The number of hydrogen-bond acceptors (Lipinski definition) is 10. The maximum absolute atomic E-state index is 13.7. The molecule has 14 heteroatoms. The van der Waals surface area contributed by atoms with Crippen LogP contribution in [0.4, 0.5) is 11.4 Å². The molecule has 0 bridgehead atoms. The van der Waals surface area contributed by atoms with Crippen LogP contribution in [-0.2, 0) is 8.85 Å². The number of benzene rings is 2. The van der Waals surface area contributed by atoms with Crippen molar-refractivity contribution in [1.29, 1.82) is 0 Å². The number of amides is 2. The Morgan fingerprint density at radius 3 is 1.31 bits per heavy atom. The van der Waals surface area contributed by atoms with Crippen molar-refractivity contribution in [2.24, 2.45) is 0 Å². The molecule has 0 aromatic heterocycles. The lowest BCUT2D eigenvalue weighted by Crippen LogP contribution is -2.46.